The van der Waals surface area contributed by atoms with E-state index in [1.54, 1.807) is 43.7 Å². The van der Waals surface area contributed by atoms with Gasteiger partial charge in [-0.3, -0.25) is 4.98 Å². The number of nitrogens with zero attached hydrogens (tertiary/aromatic N) is 3. The molecule has 1 aliphatic rings. The molecule has 3 heterocycles. The third-order valence-corrected chi connectivity index (χ3v) is 6.04. The Morgan fingerprint density at radius 3 is 2.45 bits per heavy atom. The number of likely N-dealkylation sites (tertiary alicyclic amines) is 1. The van der Waals surface area contributed by atoms with Crippen molar-refractivity contribution in [3.63, 3.8) is 0 Å². The number of hydrogen-bond donors (Lipinski definition) is 0. The minimum atomic E-state index is -4.47. The van der Waals surface area contributed by atoms with Crippen LogP contribution < -0.4 is 0 Å². The predicted octanol–water partition coefficient (Wildman–Crippen LogP) is 5.68. The van der Waals surface area contributed by atoms with Crippen molar-refractivity contribution >= 4 is 5.97 Å². The Hall–Kier alpha value is -3.13. The van der Waals surface area contributed by atoms with Crippen LogP contribution in [-0.4, -0.2) is 47.2 Å². The summed E-state index contributed by atoms with van der Waals surface area (Å²) >= 11 is 0. The molecule has 0 unspecified atom stereocenters. The lowest BCUT2D eigenvalue weighted by Gasteiger charge is -2.31. The molecule has 1 fully saturated rings. The van der Waals surface area contributed by atoms with Gasteiger partial charge in [-0.05, 0) is 75.3 Å². The molecule has 0 N–H and O–H groups in total. The highest BCUT2D eigenvalue weighted by molar-refractivity contribution is 6.02. The second kappa shape index (κ2) is 9.39. The van der Waals surface area contributed by atoms with Gasteiger partial charge in [0.15, 0.2) is 0 Å². The summed E-state index contributed by atoms with van der Waals surface area (Å²) < 4.78 is 47.9. The third kappa shape index (κ3) is 4.80. The Kier molecular flexibility index (Phi) is 6.56. The van der Waals surface area contributed by atoms with Gasteiger partial charge in [0, 0.05) is 30.2 Å². The maximum absolute atomic E-state index is 13.5. The lowest BCUT2D eigenvalue weighted by molar-refractivity contribution is -0.137. The first-order chi connectivity index (χ1) is 15.8. The van der Waals surface area contributed by atoms with Crippen molar-refractivity contribution < 1.29 is 22.7 Å². The minimum Gasteiger partial charge on any atom is -0.462 e. The van der Waals surface area contributed by atoms with Crippen molar-refractivity contribution in [2.45, 2.75) is 32.0 Å². The summed E-state index contributed by atoms with van der Waals surface area (Å²) in [6.07, 6.45) is 2.14. The van der Waals surface area contributed by atoms with Crippen molar-refractivity contribution in [2.24, 2.45) is 0 Å². The number of carbonyl (C=O) groups is 1. The fourth-order valence-corrected chi connectivity index (χ4v) is 4.40. The van der Waals surface area contributed by atoms with Crippen LogP contribution in [0.3, 0.4) is 0 Å². The van der Waals surface area contributed by atoms with Gasteiger partial charge in [-0.25, -0.2) is 4.79 Å². The van der Waals surface area contributed by atoms with E-state index in [1.165, 1.54) is 6.07 Å². The maximum Gasteiger partial charge on any atom is 0.416 e. The van der Waals surface area contributed by atoms with E-state index in [0.717, 1.165) is 38.1 Å². The molecule has 1 aliphatic heterocycles. The molecule has 3 aromatic rings. The second-order valence-corrected chi connectivity index (χ2v) is 8.24. The zero-order valence-electron chi connectivity index (χ0n) is 18.6. The largest absolute Gasteiger partial charge is 0.462 e. The third-order valence-electron chi connectivity index (χ3n) is 6.04. The lowest BCUT2D eigenvalue weighted by Crippen LogP contribution is -2.31. The number of rotatable bonds is 5. The standard InChI is InChI=1S/C25H26F3N3O2/c1-3-33-24(32)21-16-31(20-9-13-30(2)14-10-20)23(22(21)17-7-11-29-12-8-17)18-5-4-6-19(15-18)25(26,27)28/h4-8,11-12,15-16,20H,3,9-10,13-14H2,1-2H3. The Balaban J connectivity index is 1.98. The van der Waals surface area contributed by atoms with E-state index in [2.05, 4.69) is 9.88 Å². The van der Waals surface area contributed by atoms with Crippen molar-refractivity contribution in [3.05, 3.63) is 66.1 Å². The number of carbonyl (C=O) groups excluding carboxylic acids is 1. The van der Waals surface area contributed by atoms with E-state index in [1.807, 2.05) is 11.6 Å². The van der Waals surface area contributed by atoms with E-state index in [0.29, 0.717) is 27.9 Å². The van der Waals surface area contributed by atoms with Crippen LogP contribution in [0, 0.1) is 0 Å². The number of piperidine rings is 1. The van der Waals surface area contributed by atoms with E-state index in [-0.39, 0.29) is 12.6 Å². The second-order valence-electron chi connectivity index (χ2n) is 8.24. The molecule has 5 nitrogen and oxygen atoms in total. The summed E-state index contributed by atoms with van der Waals surface area (Å²) in [5.41, 5.74) is 1.88. The van der Waals surface area contributed by atoms with Crippen molar-refractivity contribution in [3.8, 4) is 22.4 Å². The topological polar surface area (TPSA) is 47.4 Å². The zero-order chi connectivity index (χ0) is 23.6. The molecule has 0 spiro atoms. The molecule has 174 valence electrons. The molecule has 0 aliphatic carbocycles. The van der Waals surface area contributed by atoms with Gasteiger partial charge in [-0.15, -0.1) is 0 Å². The molecule has 4 rings (SSSR count). The number of esters is 1. The Bertz CT molecular complexity index is 1120. The molecular formula is C25H26F3N3O2. The van der Waals surface area contributed by atoms with Gasteiger partial charge in [0.1, 0.15) is 0 Å². The van der Waals surface area contributed by atoms with Crippen molar-refractivity contribution in [2.75, 3.05) is 26.7 Å². The van der Waals surface area contributed by atoms with Gasteiger partial charge in [0.05, 0.1) is 23.4 Å². The summed E-state index contributed by atoms with van der Waals surface area (Å²) in [6, 6.07) is 8.85. The fourth-order valence-electron chi connectivity index (χ4n) is 4.40. The molecule has 0 saturated carbocycles. The zero-order valence-corrected chi connectivity index (χ0v) is 18.6. The molecule has 8 heteroatoms. The quantitative estimate of drug-likeness (QED) is 0.463. The molecule has 0 atom stereocenters. The summed E-state index contributed by atoms with van der Waals surface area (Å²) in [5.74, 6) is -0.496. The van der Waals surface area contributed by atoms with E-state index in [9.17, 15) is 18.0 Å². The highest BCUT2D eigenvalue weighted by atomic mass is 19.4. The maximum atomic E-state index is 13.5. The number of halogens is 3. The number of hydrogen-bond acceptors (Lipinski definition) is 4. The van der Waals surface area contributed by atoms with Gasteiger partial charge in [0.2, 0.25) is 0 Å². The van der Waals surface area contributed by atoms with E-state index >= 15 is 0 Å². The van der Waals surface area contributed by atoms with E-state index < -0.39 is 17.7 Å². The number of alkyl halides is 3. The normalized spacial score (nSPS) is 15.5. The van der Waals surface area contributed by atoms with Crippen LogP contribution in [0.5, 0.6) is 0 Å². The van der Waals surface area contributed by atoms with Crippen molar-refractivity contribution in [1.82, 2.24) is 14.5 Å². The van der Waals surface area contributed by atoms with Gasteiger partial charge >= 0.3 is 12.1 Å². The molecule has 0 radical (unpaired) electrons. The molecule has 0 bridgehead atoms. The Morgan fingerprint density at radius 2 is 1.82 bits per heavy atom. The van der Waals surface area contributed by atoms with Crippen molar-refractivity contribution in [1.29, 1.82) is 0 Å². The average Bonchev–Trinajstić information content (AvgIpc) is 3.21. The van der Waals surface area contributed by atoms with Crippen LogP contribution in [0.25, 0.3) is 22.4 Å². The van der Waals surface area contributed by atoms with Crippen LogP contribution in [0.4, 0.5) is 13.2 Å². The van der Waals surface area contributed by atoms with Gasteiger partial charge in [0.25, 0.3) is 0 Å². The smallest absolute Gasteiger partial charge is 0.416 e. The van der Waals surface area contributed by atoms with Gasteiger partial charge < -0.3 is 14.2 Å². The number of ether oxygens (including phenoxy) is 1. The first-order valence-corrected chi connectivity index (χ1v) is 11.0. The monoisotopic (exact) mass is 457 g/mol. The number of benzene rings is 1. The first-order valence-electron chi connectivity index (χ1n) is 11.0. The predicted molar refractivity (Wildman–Crippen MR) is 120 cm³/mol. The first kappa shape index (κ1) is 23.0. The average molecular weight is 457 g/mol. The highest BCUT2D eigenvalue weighted by Crippen LogP contribution is 2.42. The molecule has 33 heavy (non-hydrogen) atoms. The number of pyridine rings is 1. The van der Waals surface area contributed by atoms with Crippen LogP contribution in [-0.2, 0) is 10.9 Å². The van der Waals surface area contributed by atoms with Crippen LogP contribution >= 0.6 is 0 Å². The summed E-state index contributed by atoms with van der Waals surface area (Å²) in [6.45, 7) is 3.66. The number of aromatic nitrogens is 2. The van der Waals surface area contributed by atoms with E-state index in [4.69, 9.17) is 4.74 Å². The van der Waals surface area contributed by atoms with Crippen LogP contribution in [0.2, 0.25) is 0 Å². The Morgan fingerprint density at radius 1 is 1.12 bits per heavy atom. The summed E-state index contributed by atoms with van der Waals surface area (Å²) in [5, 5.41) is 0. The molecular weight excluding hydrogens is 431 g/mol. The molecule has 0 amide bonds. The van der Waals surface area contributed by atoms with Gasteiger partial charge in [-0.2, -0.15) is 13.2 Å². The summed E-state index contributed by atoms with van der Waals surface area (Å²) in [4.78, 5) is 19.2. The fraction of sp³-hybridized carbons (Fsp3) is 0.360. The minimum absolute atomic E-state index is 0.0505. The SMILES string of the molecule is CCOC(=O)c1cn(C2CCN(C)CC2)c(-c2cccc(C(F)(F)F)c2)c1-c1ccncc1. The summed E-state index contributed by atoms with van der Waals surface area (Å²) in [7, 11) is 2.05. The van der Waals surface area contributed by atoms with Crippen LogP contribution in [0.15, 0.2) is 55.0 Å². The molecule has 1 saturated heterocycles. The van der Waals surface area contributed by atoms with Crippen LogP contribution in [0.1, 0.15) is 41.7 Å². The Labute approximate surface area is 190 Å². The molecule has 2 aromatic heterocycles. The lowest BCUT2D eigenvalue weighted by atomic mass is 9.96. The highest BCUT2D eigenvalue weighted by Gasteiger charge is 2.33. The van der Waals surface area contributed by atoms with Gasteiger partial charge in [-0.1, -0.05) is 12.1 Å². The molecule has 1 aromatic carbocycles.